The molecule has 17 heavy (non-hydrogen) atoms. The predicted octanol–water partition coefficient (Wildman–Crippen LogP) is 1.89. The maximum absolute atomic E-state index is 10.0. The number of benzene rings is 1. The molecule has 1 rings (SSSR count). The Kier molecular flexibility index (Phi) is 4.01. The second kappa shape index (κ2) is 4.94. The molecule has 4 heteroatoms. The van der Waals surface area contributed by atoms with Crippen LogP contribution in [0.4, 0.5) is 0 Å². The summed E-state index contributed by atoms with van der Waals surface area (Å²) in [4.78, 5) is 0. The topological polar surface area (TPSA) is 86.7 Å². The Morgan fingerprint density at radius 1 is 1.24 bits per heavy atom. The van der Waals surface area contributed by atoms with E-state index in [-0.39, 0.29) is 23.0 Å². The molecule has 0 aliphatic heterocycles. The molecule has 0 unspecified atom stereocenters. The molecule has 0 fully saturated rings. The number of hydrogen-bond donors (Lipinski definition) is 4. The van der Waals surface area contributed by atoms with Crippen LogP contribution in [0.1, 0.15) is 38.9 Å². The highest BCUT2D eigenvalue weighted by Gasteiger charge is 2.25. The van der Waals surface area contributed by atoms with Gasteiger partial charge in [0.15, 0.2) is 0 Å². The number of aliphatic hydroxyl groups is 1. The highest BCUT2D eigenvalue weighted by molar-refractivity contribution is 5.40. The van der Waals surface area contributed by atoms with Crippen LogP contribution in [0, 0.1) is 5.41 Å². The van der Waals surface area contributed by atoms with E-state index < -0.39 is 6.10 Å². The molecule has 96 valence electrons. The number of phenolic OH excluding ortho intramolecular Hbond substituents is 2. The summed E-state index contributed by atoms with van der Waals surface area (Å²) < 4.78 is 0. The van der Waals surface area contributed by atoms with Gasteiger partial charge in [-0.1, -0.05) is 20.8 Å². The molecule has 0 amide bonds. The fourth-order valence-electron chi connectivity index (χ4n) is 1.53. The smallest absolute Gasteiger partial charge is 0.125 e. The van der Waals surface area contributed by atoms with Crippen molar-refractivity contribution in [3.8, 4) is 11.5 Å². The van der Waals surface area contributed by atoms with Crippen molar-refractivity contribution in [3.05, 3.63) is 23.8 Å². The van der Waals surface area contributed by atoms with Crippen LogP contribution in [0.15, 0.2) is 18.2 Å². The Morgan fingerprint density at radius 2 is 1.82 bits per heavy atom. The SMILES string of the molecule is CC(C)(C)[C@@H](N)C[C@@H](O)c1ccc(O)cc1O. The minimum Gasteiger partial charge on any atom is -0.508 e. The van der Waals surface area contributed by atoms with E-state index in [1.807, 2.05) is 20.8 Å². The van der Waals surface area contributed by atoms with Crippen LogP contribution < -0.4 is 5.73 Å². The zero-order chi connectivity index (χ0) is 13.2. The van der Waals surface area contributed by atoms with Gasteiger partial charge in [0, 0.05) is 17.7 Å². The van der Waals surface area contributed by atoms with E-state index >= 15 is 0 Å². The lowest BCUT2D eigenvalue weighted by molar-refractivity contribution is 0.130. The summed E-state index contributed by atoms with van der Waals surface area (Å²) in [5, 5.41) is 28.8. The van der Waals surface area contributed by atoms with E-state index in [0.29, 0.717) is 12.0 Å². The lowest BCUT2D eigenvalue weighted by Crippen LogP contribution is -2.36. The van der Waals surface area contributed by atoms with Crippen molar-refractivity contribution in [2.24, 2.45) is 11.1 Å². The number of hydrogen-bond acceptors (Lipinski definition) is 4. The largest absolute Gasteiger partial charge is 0.508 e. The van der Waals surface area contributed by atoms with Crippen molar-refractivity contribution in [3.63, 3.8) is 0 Å². The average Bonchev–Trinajstić information content (AvgIpc) is 2.15. The van der Waals surface area contributed by atoms with Gasteiger partial charge in [-0.25, -0.2) is 0 Å². The van der Waals surface area contributed by atoms with Crippen LogP contribution in [0.3, 0.4) is 0 Å². The van der Waals surface area contributed by atoms with Gasteiger partial charge in [-0.05, 0) is 24.0 Å². The van der Waals surface area contributed by atoms with Crippen molar-refractivity contribution < 1.29 is 15.3 Å². The number of aliphatic hydroxyl groups excluding tert-OH is 1. The van der Waals surface area contributed by atoms with Gasteiger partial charge in [-0.2, -0.15) is 0 Å². The Morgan fingerprint density at radius 3 is 2.29 bits per heavy atom. The minimum absolute atomic E-state index is 0.0291. The summed E-state index contributed by atoms with van der Waals surface area (Å²) in [6, 6.07) is 3.97. The summed E-state index contributed by atoms with van der Waals surface area (Å²) in [5.41, 5.74) is 6.27. The highest BCUT2D eigenvalue weighted by atomic mass is 16.3. The van der Waals surface area contributed by atoms with Crippen LogP contribution in [-0.2, 0) is 0 Å². The van der Waals surface area contributed by atoms with Crippen LogP contribution >= 0.6 is 0 Å². The first-order valence-corrected chi connectivity index (χ1v) is 5.67. The Bertz CT molecular complexity index is 385. The van der Waals surface area contributed by atoms with Crippen LogP contribution in [0.2, 0.25) is 0 Å². The third-order valence-electron chi connectivity index (χ3n) is 2.96. The van der Waals surface area contributed by atoms with Gasteiger partial charge in [-0.15, -0.1) is 0 Å². The second-order valence-corrected chi connectivity index (χ2v) is 5.47. The fraction of sp³-hybridized carbons (Fsp3) is 0.538. The summed E-state index contributed by atoms with van der Waals surface area (Å²) in [5.74, 6) is -0.142. The van der Waals surface area contributed by atoms with Crippen LogP contribution in [0.25, 0.3) is 0 Å². The molecule has 0 spiro atoms. The lowest BCUT2D eigenvalue weighted by atomic mass is 9.83. The summed E-state index contributed by atoms with van der Waals surface area (Å²) in [6.07, 6.45) is -0.466. The molecular formula is C13H21NO3. The van der Waals surface area contributed by atoms with E-state index in [9.17, 15) is 10.2 Å². The first kappa shape index (κ1) is 13.8. The molecule has 4 nitrogen and oxygen atoms in total. The Hall–Kier alpha value is -1.26. The van der Waals surface area contributed by atoms with Gasteiger partial charge in [0.25, 0.3) is 0 Å². The molecule has 0 aromatic heterocycles. The van der Waals surface area contributed by atoms with Crippen LogP contribution in [-0.4, -0.2) is 21.4 Å². The van der Waals surface area contributed by atoms with E-state index in [1.165, 1.54) is 18.2 Å². The molecule has 0 saturated heterocycles. The lowest BCUT2D eigenvalue weighted by Gasteiger charge is -2.29. The maximum atomic E-state index is 10.0. The van der Waals surface area contributed by atoms with Gasteiger partial charge in [-0.3, -0.25) is 0 Å². The average molecular weight is 239 g/mol. The minimum atomic E-state index is -0.829. The predicted molar refractivity (Wildman–Crippen MR) is 66.8 cm³/mol. The van der Waals surface area contributed by atoms with Gasteiger partial charge in [0.1, 0.15) is 11.5 Å². The molecule has 0 bridgehead atoms. The monoisotopic (exact) mass is 239 g/mol. The Balaban J connectivity index is 2.80. The van der Waals surface area contributed by atoms with Crippen molar-refractivity contribution >= 4 is 0 Å². The molecular weight excluding hydrogens is 218 g/mol. The molecule has 1 aromatic rings. The number of aromatic hydroxyl groups is 2. The van der Waals surface area contributed by atoms with Crippen LogP contribution in [0.5, 0.6) is 11.5 Å². The normalized spacial score (nSPS) is 15.6. The van der Waals surface area contributed by atoms with E-state index in [1.54, 1.807) is 0 Å². The third-order valence-corrected chi connectivity index (χ3v) is 2.96. The number of phenols is 2. The quantitative estimate of drug-likeness (QED) is 0.649. The molecule has 1 aromatic carbocycles. The molecule has 5 N–H and O–H groups in total. The summed E-state index contributed by atoms with van der Waals surface area (Å²) >= 11 is 0. The maximum Gasteiger partial charge on any atom is 0.125 e. The fourth-order valence-corrected chi connectivity index (χ4v) is 1.53. The Labute approximate surface area is 102 Å². The zero-order valence-electron chi connectivity index (χ0n) is 10.5. The molecule has 0 saturated carbocycles. The second-order valence-electron chi connectivity index (χ2n) is 5.47. The standard InChI is InChI=1S/C13H21NO3/c1-13(2,3)12(14)7-11(17)9-5-4-8(15)6-10(9)16/h4-6,11-12,15-17H,7,14H2,1-3H3/t11-,12+/m1/s1. The molecule has 0 aliphatic rings. The van der Waals surface area contributed by atoms with Crippen molar-refractivity contribution in [2.45, 2.75) is 39.3 Å². The highest BCUT2D eigenvalue weighted by Crippen LogP contribution is 2.32. The molecule has 0 heterocycles. The molecule has 0 aliphatic carbocycles. The third kappa shape index (κ3) is 3.61. The van der Waals surface area contributed by atoms with Gasteiger partial charge in [0.05, 0.1) is 6.10 Å². The number of nitrogens with two attached hydrogens (primary N) is 1. The van der Waals surface area contributed by atoms with Crippen molar-refractivity contribution in [1.29, 1.82) is 0 Å². The number of rotatable bonds is 3. The molecule has 2 atom stereocenters. The summed E-state index contributed by atoms with van der Waals surface area (Å²) in [7, 11) is 0. The van der Waals surface area contributed by atoms with Gasteiger partial charge in [0.2, 0.25) is 0 Å². The van der Waals surface area contributed by atoms with Gasteiger partial charge < -0.3 is 21.1 Å². The van der Waals surface area contributed by atoms with Gasteiger partial charge >= 0.3 is 0 Å². The first-order chi connectivity index (χ1) is 7.71. The zero-order valence-corrected chi connectivity index (χ0v) is 10.5. The van der Waals surface area contributed by atoms with E-state index in [4.69, 9.17) is 10.8 Å². The van der Waals surface area contributed by atoms with E-state index in [2.05, 4.69) is 0 Å². The summed E-state index contributed by atoms with van der Waals surface area (Å²) in [6.45, 7) is 6.00. The van der Waals surface area contributed by atoms with Crippen molar-refractivity contribution in [2.75, 3.05) is 0 Å². The molecule has 0 radical (unpaired) electrons. The van der Waals surface area contributed by atoms with E-state index in [0.717, 1.165) is 0 Å². The first-order valence-electron chi connectivity index (χ1n) is 5.67. The van der Waals surface area contributed by atoms with Crippen molar-refractivity contribution in [1.82, 2.24) is 0 Å².